The van der Waals surface area contributed by atoms with Crippen molar-refractivity contribution in [2.75, 3.05) is 32.2 Å². The normalized spacial score (nSPS) is 10.8. The SMILES string of the molecule is COCCN(C)c1ccc(Cl)cc1/C=C/C(=O)O. The number of carboxylic acids is 1. The molecule has 5 heteroatoms. The Balaban J connectivity index is 2.98. The summed E-state index contributed by atoms with van der Waals surface area (Å²) in [6.45, 7) is 1.31. The molecule has 1 rings (SSSR count). The molecule has 0 spiro atoms. The zero-order valence-electron chi connectivity index (χ0n) is 10.4. The van der Waals surface area contributed by atoms with E-state index in [-0.39, 0.29) is 0 Å². The van der Waals surface area contributed by atoms with Gasteiger partial charge >= 0.3 is 5.97 Å². The van der Waals surface area contributed by atoms with E-state index in [2.05, 4.69) is 0 Å². The lowest BCUT2D eigenvalue weighted by Gasteiger charge is -2.21. The number of benzene rings is 1. The van der Waals surface area contributed by atoms with E-state index in [4.69, 9.17) is 21.4 Å². The molecule has 98 valence electrons. The molecule has 18 heavy (non-hydrogen) atoms. The molecule has 0 radical (unpaired) electrons. The van der Waals surface area contributed by atoms with E-state index >= 15 is 0 Å². The number of carbonyl (C=O) groups is 1. The van der Waals surface area contributed by atoms with Crippen molar-refractivity contribution < 1.29 is 14.6 Å². The van der Waals surface area contributed by atoms with E-state index in [1.165, 1.54) is 6.08 Å². The van der Waals surface area contributed by atoms with Gasteiger partial charge in [0, 0.05) is 37.5 Å². The first-order chi connectivity index (χ1) is 8.54. The van der Waals surface area contributed by atoms with Gasteiger partial charge in [-0.1, -0.05) is 11.6 Å². The Morgan fingerprint density at radius 3 is 2.89 bits per heavy atom. The average molecular weight is 270 g/mol. The zero-order chi connectivity index (χ0) is 13.5. The highest BCUT2D eigenvalue weighted by Crippen LogP contribution is 2.24. The molecule has 0 atom stereocenters. The minimum atomic E-state index is -0.986. The molecule has 0 heterocycles. The van der Waals surface area contributed by atoms with Gasteiger partial charge in [-0.2, -0.15) is 0 Å². The van der Waals surface area contributed by atoms with Crippen LogP contribution < -0.4 is 4.90 Å². The van der Waals surface area contributed by atoms with E-state index in [9.17, 15) is 4.79 Å². The first kappa shape index (κ1) is 14.5. The van der Waals surface area contributed by atoms with Gasteiger partial charge in [0.15, 0.2) is 0 Å². The topological polar surface area (TPSA) is 49.8 Å². The van der Waals surface area contributed by atoms with Crippen molar-refractivity contribution >= 4 is 29.3 Å². The van der Waals surface area contributed by atoms with Crippen LogP contribution in [-0.2, 0) is 9.53 Å². The van der Waals surface area contributed by atoms with E-state index in [0.717, 1.165) is 17.3 Å². The molecular weight excluding hydrogens is 254 g/mol. The van der Waals surface area contributed by atoms with E-state index < -0.39 is 5.97 Å². The lowest BCUT2D eigenvalue weighted by Crippen LogP contribution is -2.22. The van der Waals surface area contributed by atoms with Gasteiger partial charge in [-0.15, -0.1) is 0 Å². The summed E-state index contributed by atoms with van der Waals surface area (Å²) in [5.74, 6) is -0.986. The summed E-state index contributed by atoms with van der Waals surface area (Å²) in [6, 6.07) is 5.37. The van der Waals surface area contributed by atoms with E-state index in [1.807, 2.05) is 18.0 Å². The molecule has 0 aliphatic carbocycles. The van der Waals surface area contributed by atoms with Crippen molar-refractivity contribution in [1.29, 1.82) is 0 Å². The van der Waals surface area contributed by atoms with Crippen LogP contribution in [0.25, 0.3) is 6.08 Å². The predicted octanol–water partition coefficient (Wildman–Crippen LogP) is 2.52. The first-order valence-electron chi connectivity index (χ1n) is 5.45. The van der Waals surface area contributed by atoms with Crippen LogP contribution in [0.15, 0.2) is 24.3 Å². The van der Waals surface area contributed by atoms with E-state index in [0.29, 0.717) is 18.2 Å². The molecule has 0 saturated heterocycles. The molecule has 0 aliphatic rings. The van der Waals surface area contributed by atoms with Gasteiger partial charge in [0.1, 0.15) is 0 Å². The highest BCUT2D eigenvalue weighted by atomic mass is 35.5. The minimum absolute atomic E-state index is 0.573. The molecular formula is C13H16ClNO3. The molecule has 0 aromatic heterocycles. The summed E-state index contributed by atoms with van der Waals surface area (Å²) < 4.78 is 5.02. The molecule has 0 unspecified atom stereocenters. The monoisotopic (exact) mass is 269 g/mol. The maximum absolute atomic E-state index is 10.6. The maximum Gasteiger partial charge on any atom is 0.328 e. The summed E-state index contributed by atoms with van der Waals surface area (Å²) in [4.78, 5) is 12.5. The van der Waals surface area contributed by atoms with Crippen molar-refractivity contribution in [2.24, 2.45) is 0 Å². The predicted molar refractivity (Wildman–Crippen MR) is 73.3 cm³/mol. The molecule has 0 saturated carbocycles. The second-order valence-electron chi connectivity index (χ2n) is 3.79. The number of hydrogen-bond donors (Lipinski definition) is 1. The highest BCUT2D eigenvalue weighted by Gasteiger charge is 2.06. The van der Waals surface area contributed by atoms with Gasteiger partial charge in [-0.3, -0.25) is 0 Å². The molecule has 1 aromatic carbocycles. The van der Waals surface area contributed by atoms with Crippen LogP contribution in [0, 0.1) is 0 Å². The summed E-state index contributed by atoms with van der Waals surface area (Å²) in [6.07, 6.45) is 2.63. The number of ether oxygens (including phenoxy) is 1. The molecule has 0 fully saturated rings. The number of likely N-dealkylation sites (N-methyl/N-ethyl adjacent to an activating group) is 1. The number of rotatable bonds is 6. The number of aliphatic carboxylic acids is 1. The van der Waals surface area contributed by atoms with Gasteiger partial charge in [0.2, 0.25) is 0 Å². The molecule has 0 aliphatic heterocycles. The van der Waals surface area contributed by atoms with Crippen molar-refractivity contribution in [2.45, 2.75) is 0 Å². The number of anilines is 1. The highest BCUT2D eigenvalue weighted by molar-refractivity contribution is 6.30. The molecule has 1 aromatic rings. The summed E-state index contributed by atoms with van der Waals surface area (Å²) in [7, 11) is 3.56. The van der Waals surface area contributed by atoms with Crippen molar-refractivity contribution in [3.05, 3.63) is 34.9 Å². The fourth-order valence-corrected chi connectivity index (χ4v) is 1.70. The smallest absolute Gasteiger partial charge is 0.328 e. The lowest BCUT2D eigenvalue weighted by molar-refractivity contribution is -0.131. The quantitative estimate of drug-likeness (QED) is 0.807. The van der Waals surface area contributed by atoms with Crippen molar-refractivity contribution in [3.8, 4) is 0 Å². The van der Waals surface area contributed by atoms with Crippen LogP contribution in [0.4, 0.5) is 5.69 Å². The Hall–Kier alpha value is -1.52. The minimum Gasteiger partial charge on any atom is -0.478 e. The van der Waals surface area contributed by atoms with Crippen molar-refractivity contribution in [1.82, 2.24) is 0 Å². The standard InChI is InChI=1S/C13H16ClNO3/c1-15(7-8-18-2)12-5-4-11(14)9-10(12)3-6-13(16)17/h3-6,9H,7-8H2,1-2H3,(H,16,17)/b6-3+. The number of nitrogens with zero attached hydrogens (tertiary/aromatic N) is 1. The largest absolute Gasteiger partial charge is 0.478 e. The third-order valence-electron chi connectivity index (χ3n) is 2.44. The van der Waals surface area contributed by atoms with Gasteiger partial charge in [-0.05, 0) is 29.8 Å². The Bertz CT molecular complexity index is 446. The van der Waals surface area contributed by atoms with Gasteiger partial charge in [-0.25, -0.2) is 4.79 Å². The Labute approximate surface area is 111 Å². The van der Waals surface area contributed by atoms with Crippen LogP contribution in [0.5, 0.6) is 0 Å². The molecule has 0 amide bonds. The molecule has 1 N–H and O–H groups in total. The van der Waals surface area contributed by atoms with Gasteiger partial charge in [0.25, 0.3) is 0 Å². The van der Waals surface area contributed by atoms with Crippen LogP contribution in [-0.4, -0.2) is 38.4 Å². The summed E-state index contributed by atoms with van der Waals surface area (Å²) in [5.41, 5.74) is 1.68. The first-order valence-corrected chi connectivity index (χ1v) is 5.83. The fourth-order valence-electron chi connectivity index (χ4n) is 1.52. The molecule has 4 nitrogen and oxygen atoms in total. The fraction of sp³-hybridized carbons (Fsp3) is 0.308. The second kappa shape index (κ2) is 7.03. The third kappa shape index (κ3) is 4.39. The number of carboxylic acid groups (broad SMARTS) is 1. The Kier molecular flexibility index (Phi) is 5.68. The summed E-state index contributed by atoms with van der Waals surface area (Å²) in [5, 5.41) is 9.23. The lowest BCUT2D eigenvalue weighted by atomic mass is 10.1. The number of halogens is 1. The van der Waals surface area contributed by atoms with Crippen molar-refractivity contribution in [3.63, 3.8) is 0 Å². The second-order valence-corrected chi connectivity index (χ2v) is 4.23. The number of hydrogen-bond acceptors (Lipinski definition) is 3. The average Bonchev–Trinajstić information content (AvgIpc) is 2.33. The maximum atomic E-state index is 10.6. The van der Waals surface area contributed by atoms with Crippen LogP contribution in [0.3, 0.4) is 0 Å². The number of methoxy groups -OCH3 is 1. The van der Waals surface area contributed by atoms with Crippen LogP contribution in [0.2, 0.25) is 5.02 Å². The van der Waals surface area contributed by atoms with Gasteiger partial charge < -0.3 is 14.7 Å². The third-order valence-corrected chi connectivity index (χ3v) is 2.67. The summed E-state index contributed by atoms with van der Waals surface area (Å²) >= 11 is 5.92. The Morgan fingerprint density at radius 2 is 2.28 bits per heavy atom. The van der Waals surface area contributed by atoms with Crippen LogP contribution >= 0.6 is 11.6 Å². The van der Waals surface area contributed by atoms with Gasteiger partial charge in [0.05, 0.1) is 6.61 Å². The van der Waals surface area contributed by atoms with Crippen LogP contribution in [0.1, 0.15) is 5.56 Å². The molecule has 0 bridgehead atoms. The Morgan fingerprint density at radius 1 is 1.56 bits per heavy atom. The van der Waals surface area contributed by atoms with E-state index in [1.54, 1.807) is 19.2 Å². The zero-order valence-corrected chi connectivity index (χ0v) is 11.1.